The van der Waals surface area contributed by atoms with E-state index in [1.165, 1.54) is 37.2 Å². The van der Waals surface area contributed by atoms with Gasteiger partial charge in [-0.25, -0.2) is 0 Å². The number of nitrogens with two attached hydrogens (primary N) is 1. The third-order valence-corrected chi connectivity index (χ3v) is 5.51. The normalized spacial score (nSPS) is 18.3. The van der Waals surface area contributed by atoms with Gasteiger partial charge in [-0.3, -0.25) is 0 Å². The molecular weight excluding hydrogens is 338 g/mol. The van der Waals surface area contributed by atoms with Crippen molar-refractivity contribution >= 4 is 17.6 Å². The molecule has 0 spiro atoms. The van der Waals surface area contributed by atoms with Crippen molar-refractivity contribution in [1.82, 2.24) is 20.3 Å². The summed E-state index contributed by atoms with van der Waals surface area (Å²) in [6, 6.07) is 9.50. The highest BCUT2D eigenvalue weighted by Crippen LogP contribution is 2.22. The van der Waals surface area contributed by atoms with Gasteiger partial charge < -0.3 is 20.9 Å². The first-order valence-electron chi connectivity index (χ1n) is 9.98. The van der Waals surface area contributed by atoms with Crippen LogP contribution in [0.4, 0.5) is 17.6 Å². The molecule has 0 atom stereocenters. The quantitative estimate of drug-likeness (QED) is 0.837. The van der Waals surface area contributed by atoms with Crippen molar-refractivity contribution in [1.29, 1.82) is 0 Å². The van der Waals surface area contributed by atoms with E-state index in [9.17, 15) is 0 Å². The van der Waals surface area contributed by atoms with Crippen LogP contribution in [0.2, 0.25) is 0 Å². The van der Waals surface area contributed by atoms with E-state index < -0.39 is 0 Å². The number of nitrogen functional groups attached to an aromatic ring is 1. The number of nitrogens with zero attached hydrogens (tertiary/aromatic N) is 5. The van der Waals surface area contributed by atoms with E-state index in [0.29, 0.717) is 23.8 Å². The van der Waals surface area contributed by atoms with Crippen LogP contribution in [0.1, 0.15) is 37.1 Å². The number of aryl methyl sites for hydroxylation is 1. The van der Waals surface area contributed by atoms with Crippen molar-refractivity contribution in [2.75, 3.05) is 41.7 Å². The lowest BCUT2D eigenvalue weighted by atomic mass is 10.0. The third-order valence-electron chi connectivity index (χ3n) is 5.51. The Morgan fingerprint density at radius 1 is 1.04 bits per heavy atom. The molecule has 4 rings (SSSR count). The Balaban J connectivity index is 1.29. The van der Waals surface area contributed by atoms with E-state index in [0.717, 1.165) is 32.5 Å². The standard InChI is InChI=1S/C20H29N7/c1-15-23-19(21)25-20(24-15)27-11-7-17(8-12-27)22-14-16-5-4-6-18(13-16)26-9-2-3-10-26/h4-6,13,17,22H,2-3,7-12,14H2,1H3,(H2,21,23,24,25). The predicted molar refractivity (Wildman–Crippen MR) is 109 cm³/mol. The summed E-state index contributed by atoms with van der Waals surface area (Å²) >= 11 is 0. The number of aromatic nitrogens is 3. The number of piperidine rings is 1. The van der Waals surface area contributed by atoms with Crippen LogP contribution in [-0.2, 0) is 6.54 Å². The molecular formula is C20H29N7. The van der Waals surface area contributed by atoms with Gasteiger partial charge in [0.05, 0.1) is 0 Å². The van der Waals surface area contributed by atoms with E-state index in [1.54, 1.807) is 0 Å². The van der Waals surface area contributed by atoms with Gasteiger partial charge in [-0.05, 0) is 50.3 Å². The third kappa shape index (κ3) is 4.47. The van der Waals surface area contributed by atoms with Crippen molar-refractivity contribution in [2.45, 2.75) is 45.2 Å². The average molecular weight is 368 g/mol. The fraction of sp³-hybridized carbons (Fsp3) is 0.550. The molecule has 0 saturated carbocycles. The molecule has 0 aliphatic carbocycles. The Bertz CT molecular complexity index is 744. The summed E-state index contributed by atoms with van der Waals surface area (Å²) in [7, 11) is 0. The highest BCUT2D eigenvalue weighted by molar-refractivity contribution is 5.49. The summed E-state index contributed by atoms with van der Waals surface area (Å²) < 4.78 is 0. The molecule has 27 heavy (non-hydrogen) atoms. The molecule has 2 aliphatic heterocycles. The molecule has 3 heterocycles. The number of rotatable bonds is 5. The van der Waals surface area contributed by atoms with Crippen LogP contribution < -0.4 is 20.9 Å². The summed E-state index contributed by atoms with van der Waals surface area (Å²) in [6.07, 6.45) is 4.79. The zero-order chi connectivity index (χ0) is 18.6. The fourth-order valence-electron chi connectivity index (χ4n) is 4.01. The fourth-order valence-corrected chi connectivity index (χ4v) is 4.01. The van der Waals surface area contributed by atoms with Crippen LogP contribution in [0.3, 0.4) is 0 Å². The van der Waals surface area contributed by atoms with E-state index >= 15 is 0 Å². The molecule has 7 nitrogen and oxygen atoms in total. The second kappa shape index (κ2) is 8.08. The second-order valence-corrected chi connectivity index (χ2v) is 7.55. The zero-order valence-corrected chi connectivity index (χ0v) is 16.1. The van der Waals surface area contributed by atoms with Crippen LogP contribution in [0.5, 0.6) is 0 Å². The Hall–Kier alpha value is -2.41. The highest BCUT2D eigenvalue weighted by Gasteiger charge is 2.21. The summed E-state index contributed by atoms with van der Waals surface area (Å²) in [6.45, 7) is 7.03. The van der Waals surface area contributed by atoms with Gasteiger partial charge >= 0.3 is 0 Å². The van der Waals surface area contributed by atoms with Gasteiger partial charge in [0.25, 0.3) is 0 Å². The summed E-state index contributed by atoms with van der Waals surface area (Å²) in [5.74, 6) is 1.68. The van der Waals surface area contributed by atoms with Crippen molar-refractivity contribution in [3.05, 3.63) is 35.7 Å². The maximum atomic E-state index is 5.76. The number of hydrogen-bond donors (Lipinski definition) is 2. The lowest BCUT2D eigenvalue weighted by molar-refractivity contribution is 0.411. The van der Waals surface area contributed by atoms with Crippen molar-refractivity contribution in [3.8, 4) is 0 Å². The maximum Gasteiger partial charge on any atom is 0.230 e. The van der Waals surface area contributed by atoms with Gasteiger partial charge in [-0.15, -0.1) is 0 Å². The van der Waals surface area contributed by atoms with Crippen LogP contribution in [0.15, 0.2) is 24.3 Å². The minimum absolute atomic E-state index is 0.302. The van der Waals surface area contributed by atoms with Gasteiger partial charge in [0.15, 0.2) is 0 Å². The van der Waals surface area contributed by atoms with Crippen LogP contribution in [-0.4, -0.2) is 47.2 Å². The highest BCUT2D eigenvalue weighted by atomic mass is 15.3. The molecule has 2 fully saturated rings. The van der Waals surface area contributed by atoms with Crippen molar-refractivity contribution in [2.24, 2.45) is 0 Å². The van der Waals surface area contributed by atoms with E-state index in [4.69, 9.17) is 5.73 Å². The summed E-state index contributed by atoms with van der Waals surface area (Å²) in [5.41, 5.74) is 8.49. The van der Waals surface area contributed by atoms with Gasteiger partial charge in [0.1, 0.15) is 5.82 Å². The maximum absolute atomic E-state index is 5.76. The largest absolute Gasteiger partial charge is 0.372 e. The van der Waals surface area contributed by atoms with Crippen molar-refractivity contribution < 1.29 is 0 Å². The topological polar surface area (TPSA) is 83.2 Å². The van der Waals surface area contributed by atoms with E-state index in [-0.39, 0.29) is 0 Å². The smallest absolute Gasteiger partial charge is 0.230 e. The molecule has 1 aromatic heterocycles. The van der Waals surface area contributed by atoms with Crippen LogP contribution in [0.25, 0.3) is 0 Å². The van der Waals surface area contributed by atoms with Gasteiger partial charge in [0, 0.05) is 44.5 Å². The molecule has 0 unspecified atom stereocenters. The number of benzene rings is 1. The minimum atomic E-state index is 0.302. The molecule has 2 aliphatic rings. The zero-order valence-electron chi connectivity index (χ0n) is 16.1. The molecule has 7 heteroatoms. The molecule has 3 N–H and O–H groups in total. The summed E-state index contributed by atoms with van der Waals surface area (Å²) in [5, 5.41) is 3.73. The molecule has 2 aromatic rings. The predicted octanol–water partition coefficient (Wildman–Crippen LogP) is 2.12. The first-order valence-corrected chi connectivity index (χ1v) is 9.98. The Morgan fingerprint density at radius 2 is 1.81 bits per heavy atom. The molecule has 0 amide bonds. The summed E-state index contributed by atoms with van der Waals surface area (Å²) in [4.78, 5) is 17.5. The SMILES string of the molecule is Cc1nc(N)nc(N2CCC(NCc3cccc(N4CCCC4)c3)CC2)n1. The van der Waals surface area contributed by atoms with Crippen LogP contribution in [0, 0.1) is 6.92 Å². The van der Waals surface area contributed by atoms with E-state index in [2.05, 4.69) is 54.3 Å². The monoisotopic (exact) mass is 367 g/mol. The minimum Gasteiger partial charge on any atom is -0.372 e. The molecule has 144 valence electrons. The molecule has 2 saturated heterocycles. The average Bonchev–Trinajstić information content (AvgIpc) is 3.21. The second-order valence-electron chi connectivity index (χ2n) is 7.55. The van der Waals surface area contributed by atoms with Crippen LogP contribution >= 0.6 is 0 Å². The Kier molecular flexibility index (Phi) is 5.38. The number of nitrogens with one attached hydrogen (secondary N) is 1. The lowest BCUT2D eigenvalue weighted by Gasteiger charge is -2.32. The number of anilines is 3. The Morgan fingerprint density at radius 3 is 2.56 bits per heavy atom. The first kappa shape index (κ1) is 18.0. The molecule has 0 radical (unpaired) electrons. The van der Waals surface area contributed by atoms with E-state index in [1.807, 2.05) is 6.92 Å². The Labute approximate surface area is 161 Å². The molecule has 1 aromatic carbocycles. The number of hydrogen-bond acceptors (Lipinski definition) is 7. The lowest BCUT2D eigenvalue weighted by Crippen LogP contribution is -2.43. The van der Waals surface area contributed by atoms with Gasteiger partial charge in [0.2, 0.25) is 11.9 Å². The first-order chi connectivity index (χ1) is 13.2. The van der Waals surface area contributed by atoms with Crippen molar-refractivity contribution in [3.63, 3.8) is 0 Å². The molecule has 0 bridgehead atoms. The van der Waals surface area contributed by atoms with Gasteiger partial charge in [-0.1, -0.05) is 12.1 Å². The van der Waals surface area contributed by atoms with Gasteiger partial charge in [-0.2, -0.15) is 15.0 Å².